The number of aromatic nitrogens is 3. The van der Waals surface area contributed by atoms with Gasteiger partial charge in [0.25, 0.3) is 11.8 Å². The highest BCUT2D eigenvalue weighted by molar-refractivity contribution is 6.76. The van der Waals surface area contributed by atoms with E-state index >= 15 is 0 Å². The van der Waals surface area contributed by atoms with E-state index in [2.05, 4.69) is 81.9 Å². The first-order chi connectivity index (χ1) is 22.5. The molecule has 1 aliphatic carbocycles. The van der Waals surface area contributed by atoms with Gasteiger partial charge in [-0.05, 0) is 60.7 Å². The van der Waals surface area contributed by atoms with Crippen LogP contribution in [0.2, 0.25) is 25.7 Å². The number of amides is 2. The maximum Gasteiger partial charge on any atom is 0.268 e. The summed E-state index contributed by atoms with van der Waals surface area (Å²) in [6.45, 7) is 11.3. The summed E-state index contributed by atoms with van der Waals surface area (Å²) < 4.78 is 10.2. The Morgan fingerprint density at radius 1 is 0.957 bits per heavy atom. The molecule has 2 aromatic carbocycles. The van der Waals surface area contributed by atoms with Crippen LogP contribution in [-0.4, -0.2) is 71.1 Å². The second-order valence-corrected chi connectivity index (χ2v) is 20.0. The highest BCUT2D eigenvalue weighted by atomic mass is 28.3. The molecule has 9 nitrogen and oxygen atoms in total. The Bertz CT molecular complexity index is 1700. The average Bonchev–Trinajstić information content (AvgIpc) is 3.68. The summed E-state index contributed by atoms with van der Waals surface area (Å²) in [4.78, 5) is 34.5. The Hall–Kier alpha value is -3.99. The smallest absolute Gasteiger partial charge is 0.268 e. The van der Waals surface area contributed by atoms with Crippen LogP contribution in [0.3, 0.4) is 0 Å². The summed E-state index contributed by atoms with van der Waals surface area (Å²) in [6, 6.07) is 21.5. The summed E-state index contributed by atoms with van der Waals surface area (Å²) in [5.74, 6) is 0.849. The molecule has 0 bridgehead atoms. The van der Waals surface area contributed by atoms with E-state index in [9.17, 15) is 9.59 Å². The number of imidazole rings is 1. The minimum atomic E-state index is -1.13. The molecule has 4 aromatic rings. The lowest BCUT2D eigenvalue weighted by Gasteiger charge is -2.53. The van der Waals surface area contributed by atoms with Crippen molar-refractivity contribution in [2.45, 2.75) is 76.9 Å². The van der Waals surface area contributed by atoms with Gasteiger partial charge in [0.2, 0.25) is 0 Å². The van der Waals surface area contributed by atoms with E-state index in [1.165, 1.54) is 17.7 Å². The number of nitrogens with one attached hydrogen (secondary N) is 1. The standard InChI is InChI=1S/C37H48N6O3Si/c1-40(2)36(45)31-13-9-29(10-14-31)26-42-21-22-43-32(15-16-33(43)37(42)17-6-18-37)35(44)39-25-28-7-11-30(12-8-28)34-38-19-20-41(34)27-46-23-24-47(3,4)5/h7-16,19-20H,6,17-18,21-27H2,1-5H3,(H,39,44). The van der Waals surface area contributed by atoms with Crippen molar-refractivity contribution in [2.24, 2.45) is 0 Å². The zero-order valence-electron chi connectivity index (χ0n) is 28.5. The van der Waals surface area contributed by atoms with E-state index in [0.717, 1.165) is 67.8 Å². The number of ether oxygens (including phenoxy) is 1. The molecule has 1 aliphatic heterocycles. The lowest BCUT2D eigenvalue weighted by Crippen LogP contribution is -2.56. The van der Waals surface area contributed by atoms with Crippen molar-refractivity contribution in [3.63, 3.8) is 0 Å². The predicted molar refractivity (Wildman–Crippen MR) is 188 cm³/mol. The van der Waals surface area contributed by atoms with Gasteiger partial charge in [-0.2, -0.15) is 0 Å². The van der Waals surface area contributed by atoms with Crippen molar-refractivity contribution in [2.75, 3.05) is 27.2 Å². The molecule has 1 N–H and O–H groups in total. The number of fused-ring (bicyclic) bond motifs is 2. The largest absolute Gasteiger partial charge is 0.361 e. The van der Waals surface area contributed by atoms with Crippen LogP contribution < -0.4 is 5.32 Å². The third kappa shape index (κ3) is 7.14. The van der Waals surface area contributed by atoms with E-state index in [1.54, 1.807) is 19.0 Å². The van der Waals surface area contributed by atoms with Crippen molar-refractivity contribution in [3.05, 3.63) is 101 Å². The van der Waals surface area contributed by atoms with Crippen molar-refractivity contribution < 1.29 is 14.3 Å². The van der Waals surface area contributed by atoms with E-state index in [1.807, 2.05) is 35.2 Å². The lowest BCUT2D eigenvalue weighted by atomic mass is 9.71. The van der Waals surface area contributed by atoms with E-state index in [0.29, 0.717) is 18.8 Å². The molecule has 0 radical (unpaired) electrons. The molecule has 1 spiro atoms. The first-order valence-electron chi connectivity index (χ1n) is 16.8. The molecule has 0 saturated heterocycles. The second-order valence-electron chi connectivity index (χ2n) is 14.4. The van der Waals surface area contributed by atoms with Gasteiger partial charge in [0.1, 0.15) is 18.2 Å². The summed E-state index contributed by atoms with van der Waals surface area (Å²) >= 11 is 0. The summed E-state index contributed by atoms with van der Waals surface area (Å²) in [7, 11) is 2.42. The molecule has 248 valence electrons. The number of carbonyl (C=O) groups excluding carboxylic acids is 2. The molecule has 2 aromatic heterocycles. The van der Waals surface area contributed by atoms with Crippen molar-refractivity contribution >= 4 is 19.9 Å². The number of carbonyl (C=O) groups is 2. The molecule has 0 unspecified atom stereocenters. The monoisotopic (exact) mass is 652 g/mol. The Morgan fingerprint density at radius 2 is 1.68 bits per heavy atom. The Labute approximate surface area is 279 Å². The second kappa shape index (κ2) is 13.6. The number of benzene rings is 2. The topological polar surface area (TPSA) is 84.6 Å². The molecular formula is C37H48N6O3Si. The van der Waals surface area contributed by atoms with E-state index < -0.39 is 8.07 Å². The fourth-order valence-electron chi connectivity index (χ4n) is 6.72. The van der Waals surface area contributed by atoms with Gasteiger partial charge in [0.15, 0.2) is 0 Å². The van der Waals surface area contributed by atoms with E-state index in [4.69, 9.17) is 4.74 Å². The molecule has 6 rings (SSSR count). The van der Waals surface area contributed by atoms with Gasteiger partial charge < -0.3 is 24.1 Å². The Balaban J connectivity index is 1.06. The fourth-order valence-corrected chi connectivity index (χ4v) is 7.47. The van der Waals surface area contributed by atoms with Gasteiger partial charge in [0, 0.05) is 84.2 Å². The highest BCUT2D eigenvalue weighted by Gasteiger charge is 2.48. The van der Waals surface area contributed by atoms with Gasteiger partial charge in [-0.3, -0.25) is 14.5 Å². The SMILES string of the molecule is CN(C)C(=O)c1ccc(CN2CCn3c(C(=O)NCc4ccc(-c5nccn5COCC[Si](C)(C)C)cc4)ccc3C23CCC3)cc1. The van der Waals surface area contributed by atoms with Gasteiger partial charge in [-0.15, -0.1) is 0 Å². The van der Waals surface area contributed by atoms with Crippen LogP contribution in [0.25, 0.3) is 11.4 Å². The quantitative estimate of drug-likeness (QED) is 0.146. The normalized spacial score (nSPS) is 15.7. The summed E-state index contributed by atoms with van der Waals surface area (Å²) in [5, 5.41) is 3.16. The van der Waals surface area contributed by atoms with Crippen LogP contribution in [0.15, 0.2) is 73.1 Å². The van der Waals surface area contributed by atoms with Crippen molar-refractivity contribution in [1.82, 2.24) is 29.2 Å². The number of hydrogen-bond acceptors (Lipinski definition) is 5. The number of hydrogen-bond donors (Lipinski definition) is 1. The summed E-state index contributed by atoms with van der Waals surface area (Å²) in [6.07, 6.45) is 7.12. The average molecular weight is 653 g/mol. The lowest BCUT2D eigenvalue weighted by molar-refractivity contribution is -0.0217. The molecule has 47 heavy (non-hydrogen) atoms. The molecule has 0 atom stereocenters. The van der Waals surface area contributed by atoms with E-state index in [-0.39, 0.29) is 17.4 Å². The summed E-state index contributed by atoms with van der Waals surface area (Å²) in [5.41, 5.74) is 5.89. The Morgan fingerprint density at radius 3 is 2.34 bits per heavy atom. The van der Waals surface area contributed by atoms with Gasteiger partial charge in [0.05, 0.1) is 5.54 Å². The van der Waals surface area contributed by atoms with Crippen LogP contribution in [0.1, 0.15) is 56.9 Å². The minimum Gasteiger partial charge on any atom is -0.361 e. The third-order valence-corrected chi connectivity index (χ3v) is 11.4. The van der Waals surface area contributed by atoms with Crippen LogP contribution in [0.4, 0.5) is 0 Å². The molecule has 2 aliphatic rings. The zero-order valence-corrected chi connectivity index (χ0v) is 29.5. The maximum atomic E-state index is 13.5. The number of rotatable bonds is 12. The zero-order chi connectivity index (χ0) is 33.2. The van der Waals surface area contributed by atoms with Crippen molar-refractivity contribution in [1.29, 1.82) is 0 Å². The predicted octanol–water partition coefficient (Wildman–Crippen LogP) is 6.19. The fraction of sp³-hybridized carbons (Fsp3) is 0.432. The minimum absolute atomic E-state index is 0.0166. The number of nitrogens with zero attached hydrogens (tertiary/aromatic N) is 5. The molecular weight excluding hydrogens is 605 g/mol. The molecule has 3 heterocycles. The Kier molecular flexibility index (Phi) is 9.54. The van der Waals surface area contributed by atoms with Gasteiger partial charge in [-0.25, -0.2) is 4.98 Å². The van der Waals surface area contributed by atoms with Crippen LogP contribution in [-0.2, 0) is 36.6 Å². The first-order valence-corrected chi connectivity index (χ1v) is 20.5. The molecule has 1 saturated carbocycles. The van der Waals surface area contributed by atoms with Gasteiger partial charge >= 0.3 is 0 Å². The first kappa shape index (κ1) is 32.9. The van der Waals surface area contributed by atoms with Crippen molar-refractivity contribution in [3.8, 4) is 11.4 Å². The van der Waals surface area contributed by atoms with Crippen LogP contribution in [0.5, 0.6) is 0 Å². The van der Waals surface area contributed by atoms with Crippen LogP contribution >= 0.6 is 0 Å². The molecule has 10 heteroatoms. The maximum absolute atomic E-state index is 13.5. The molecule has 1 fully saturated rings. The molecule has 2 amide bonds. The van der Waals surface area contributed by atoms with Gasteiger partial charge in [-0.1, -0.05) is 56.0 Å². The van der Waals surface area contributed by atoms with Crippen LogP contribution in [0, 0.1) is 0 Å². The third-order valence-electron chi connectivity index (χ3n) is 9.66. The highest BCUT2D eigenvalue weighted by Crippen LogP contribution is 2.49.